The molecule has 0 spiro atoms. The summed E-state index contributed by atoms with van der Waals surface area (Å²) in [5.74, 6) is -1.19. The van der Waals surface area contributed by atoms with Gasteiger partial charge in [0.2, 0.25) is 0 Å². The largest absolute Gasteiger partial charge is 0.480 e. The van der Waals surface area contributed by atoms with Crippen LogP contribution in [0.15, 0.2) is 4.99 Å². The molecule has 128 valence electrons. The lowest BCUT2D eigenvalue weighted by atomic mass is 9.98. The second kappa shape index (κ2) is 7.68. The molecule has 0 aromatic heterocycles. The summed E-state index contributed by atoms with van der Waals surface area (Å²) in [5, 5.41) is 17.2. The quantitative estimate of drug-likeness (QED) is 0.713. The van der Waals surface area contributed by atoms with Crippen LogP contribution < -0.4 is 5.73 Å². The van der Waals surface area contributed by atoms with E-state index >= 15 is 0 Å². The molecule has 1 aliphatic heterocycles. The van der Waals surface area contributed by atoms with E-state index in [1.165, 1.54) is 6.42 Å². The van der Waals surface area contributed by atoms with Crippen molar-refractivity contribution in [2.45, 2.75) is 63.5 Å². The van der Waals surface area contributed by atoms with Gasteiger partial charge in [-0.1, -0.05) is 0 Å². The molecule has 2 aliphatic carbocycles. The fraction of sp³-hybridized carbons (Fsp3) is 0.750. The zero-order valence-corrected chi connectivity index (χ0v) is 13.1. The number of carbonyl (C=O) groups excluding carboxylic acids is 1. The van der Waals surface area contributed by atoms with Crippen LogP contribution in [-0.4, -0.2) is 45.7 Å². The monoisotopic (exact) mass is 324 g/mol. The first-order valence-electron chi connectivity index (χ1n) is 8.19. The molecule has 3 rings (SSSR count). The van der Waals surface area contributed by atoms with Crippen molar-refractivity contribution in [3.63, 3.8) is 0 Å². The van der Waals surface area contributed by atoms with Gasteiger partial charge in [-0.3, -0.25) is 14.6 Å². The van der Waals surface area contributed by atoms with Crippen molar-refractivity contribution in [1.82, 2.24) is 0 Å². The molecule has 2 saturated carbocycles. The molecule has 2 fully saturated rings. The minimum atomic E-state index is -1.02. The Kier molecular flexibility index (Phi) is 5.87. The summed E-state index contributed by atoms with van der Waals surface area (Å²) in [6, 6.07) is -1.30. The molecule has 4 atom stereocenters. The second-order valence-electron chi connectivity index (χ2n) is 6.54. The number of ketones is 1. The lowest BCUT2D eigenvalue weighted by molar-refractivity contribution is -0.139. The van der Waals surface area contributed by atoms with E-state index in [1.807, 2.05) is 0 Å². The summed E-state index contributed by atoms with van der Waals surface area (Å²) < 4.78 is 0. The van der Waals surface area contributed by atoms with Crippen molar-refractivity contribution < 1.29 is 24.6 Å². The molecule has 0 radical (unpaired) electrons. The van der Waals surface area contributed by atoms with Crippen LogP contribution in [0.3, 0.4) is 0 Å². The van der Waals surface area contributed by atoms with E-state index in [0.29, 0.717) is 18.8 Å². The minimum Gasteiger partial charge on any atom is -0.480 e. The topological polar surface area (TPSA) is 130 Å². The first-order valence-corrected chi connectivity index (χ1v) is 8.19. The van der Waals surface area contributed by atoms with Gasteiger partial charge in [-0.15, -0.1) is 0 Å². The highest BCUT2D eigenvalue weighted by Crippen LogP contribution is 2.33. The number of carboxylic acid groups (broad SMARTS) is 2. The van der Waals surface area contributed by atoms with Gasteiger partial charge in [0.1, 0.15) is 17.9 Å². The zero-order chi connectivity index (χ0) is 17.0. The third kappa shape index (κ3) is 4.60. The van der Waals surface area contributed by atoms with Crippen molar-refractivity contribution in [3.8, 4) is 0 Å². The number of carboxylic acids is 2. The van der Waals surface area contributed by atoms with Crippen molar-refractivity contribution in [1.29, 1.82) is 0 Å². The van der Waals surface area contributed by atoms with Gasteiger partial charge in [-0.2, -0.15) is 0 Å². The van der Waals surface area contributed by atoms with Gasteiger partial charge in [0.25, 0.3) is 0 Å². The van der Waals surface area contributed by atoms with E-state index in [9.17, 15) is 14.4 Å². The van der Waals surface area contributed by atoms with Crippen LogP contribution in [0, 0.1) is 11.8 Å². The molecule has 7 heteroatoms. The molecule has 7 nitrogen and oxygen atoms in total. The maximum atomic E-state index is 11.1. The molecule has 3 unspecified atom stereocenters. The summed E-state index contributed by atoms with van der Waals surface area (Å²) in [6.07, 6.45) is 6.73. The molecule has 0 aromatic rings. The molecule has 0 saturated heterocycles. The van der Waals surface area contributed by atoms with Gasteiger partial charge in [0.15, 0.2) is 0 Å². The molecule has 0 bridgehead atoms. The average Bonchev–Trinajstić information content (AvgIpc) is 3.15. The van der Waals surface area contributed by atoms with Crippen LogP contribution >= 0.6 is 0 Å². The molecule has 0 amide bonds. The highest BCUT2D eigenvalue weighted by Gasteiger charge is 2.34. The molecule has 1 heterocycles. The van der Waals surface area contributed by atoms with Crippen molar-refractivity contribution in [3.05, 3.63) is 0 Å². The standard InChI is InChI=1S/C8H13NO3.C8H11NO2/c9-6(8(11)12)4-5-2-1-3-7(5)10;10-8(11)7-4-5-2-1-3-6(5)9-7/h5-6H,1-4,9H2,(H,11,12);5,7H,1-4H2,(H,10,11)/t;5?,7-/m.0/s1. The number of hydrogen-bond acceptors (Lipinski definition) is 5. The Morgan fingerprint density at radius 3 is 2.43 bits per heavy atom. The summed E-state index contributed by atoms with van der Waals surface area (Å²) in [7, 11) is 0. The summed E-state index contributed by atoms with van der Waals surface area (Å²) >= 11 is 0. The zero-order valence-electron chi connectivity index (χ0n) is 13.1. The van der Waals surface area contributed by atoms with Crippen molar-refractivity contribution >= 4 is 23.4 Å². The number of fused-ring (bicyclic) bond motifs is 1. The van der Waals surface area contributed by atoms with Crippen LogP contribution in [0.5, 0.6) is 0 Å². The number of nitrogens with two attached hydrogens (primary N) is 1. The maximum absolute atomic E-state index is 11.1. The Morgan fingerprint density at radius 2 is 1.91 bits per heavy atom. The fourth-order valence-corrected chi connectivity index (χ4v) is 3.55. The van der Waals surface area contributed by atoms with Gasteiger partial charge < -0.3 is 15.9 Å². The lowest BCUT2D eigenvalue weighted by Crippen LogP contribution is -2.33. The number of aliphatic carboxylic acids is 2. The van der Waals surface area contributed by atoms with E-state index in [-0.39, 0.29) is 11.7 Å². The highest BCUT2D eigenvalue weighted by molar-refractivity contribution is 5.93. The van der Waals surface area contributed by atoms with E-state index in [0.717, 1.165) is 37.8 Å². The Morgan fingerprint density at radius 1 is 1.22 bits per heavy atom. The molecule has 4 N–H and O–H groups in total. The van der Waals surface area contributed by atoms with Gasteiger partial charge in [-0.25, -0.2) is 4.79 Å². The number of nitrogens with zero attached hydrogens (tertiary/aromatic N) is 1. The van der Waals surface area contributed by atoms with Gasteiger partial charge in [-0.05, 0) is 50.9 Å². The van der Waals surface area contributed by atoms with Gasteiger partial charge >= 0.3 is 11.9 Å². The first-order chi connectivity index (χ1) is 10.9. The predicted octanol–water partition coefficient (Wildman–Crippen LogP) is 1.24. The molecular formula is C16H24N2O5. The fourth-order valence-electron chi connectivity index (χ4n) is 3.55. The number of carbonyl (C=O) groups is 3. The number of rotatable bonds is 4. The smallest absolute Gasteiger partial charge is 0.328 e. The van der Waals surface area contributed by atoms with E-state index in [4.69, 9.17) is 15.9 Å². The van der Waals surface area contributed by atoms with Crippen molar-refractivity contribution in [2.75, 3.05) is 0 Å². The predicted molar refractivity (Wildman–Crippen MR) is 83.4 cm³/mol. The maximum Gasteiger partial charge on any atom is 0.328 e. The first kappa shape index (κ1) is 17.6. The molecule has 3 aliphatic rings. The van der Waals surface area contributed by atoms with Gasteiger partial charge in [0, 0.05) is 18.1 Å². The molecule has 23 heavy (non-hydrogen) atoms. The Hall–Kier alpha value is -1.76. The van der Waals surface area contributed by atoms with E-state index in [2.05, 4.69) is 4.99 Å². The van der Waals surface area contributed by atoms with Crippen LogP contribution in [0.1, 0.15) is 51.4 Å². The van der Waals surface area contributed by atoms with Crippen LogP contribution in [0.25, 0.3) is 0 Å². The van der Waals surface area contributed by atoms with E-state index in [1.54, 1.807) is 0 Å². The molecule has 0 aromatic carbocycles. The highest BCUT2D eigenvalue weighted by atomic mass is 16.4. The molecular weight excluding hydrogens is 300 g/mol. The van der Waals surface area contributed by atoms with Crippen LogP contribution in [0.4, 0.5) is 0 Å². The number of aliphatic imine (C=N–C) groups is 1. The Bertz CT molecular complexity index is 517. The third-order valence-electron chi connectivity index (χ3n) is 4.86. The minimum absolute atomic E-state index is 0.101. The Balaban J connectivity index is 0.000000167. The van der Waals surface area contributed by atoms with Gasteiger partial charge in [0.05, 0.1) is 0 Å². The summed E-state index contributed by atoms with van der Waals surface area (Å²) in [4.78, 5) is 36.1. The third-order valence-corrected chi connectivity index (χ3v) is 4.86. The average molecular weight is 324 g/mol. The lowest BCUT2D eigenvalue weighted by Gasteiger charge is -2.10. The summed E-state index contributed by atoms with van der Waals surface area (Å²) in [5.41, 5.74) is 6.47. The SMILES string of the molecule is NC(CC1CCCC1=O)C(=O)O.O=C(O)[C@@H]1CC2CCCC2=N1. The number of Topliss-reactive ketones (excluding diaryl/α,β-unsaturated/α-hetero) is 1. The number of hydrogen-bond donors (Lipinski definition) is 3. The second-order valence-corrected chi connectivity index (χ2v) is 6.54. The van der Waals surface area contributed by atoms with E-state index < -0.39 is 24.0 Å². The van der Waals surface area contributed by atoms with Crippen molar-refractivity contribution in [2.24, 2.45) is 22.6 Å². The normalized spacial score (nSPS) is 30.2. The van der Waals surface area contributed by atoms with Crippen LogP contribution in [-0.2, 0) is 14.4 Å². The Labute approximate surface area is 135 Å². The summed E-state index contributed by atoms with van der Waals surface area (Å²) in [6.45, 7) is 0. The van der Waals surface area contributed by atoms with Crippen LogP contribution in [0.2, 0.25) is 0 Å².